The molecule has 3 heteroatoms. The zero-order valence-corrected chi connectivity index (χ0v) is 12.2. The molecule has 0 bridgehead atoms. The van der Waals surface area contributed by atoms with E-state index in [0.29, 0.717) is 0 Å². The van der Waals surface area contributed by atoms with E-state index in [1.165, 1.54) is 77.9 Å². The van der Waals surface area contributed by atoms with Gasteiger partial charge in [-0.05, 0) is 50.0 Å². The van der Waals surface area contributed by atoms with Crippen molar-refractivity contribution in [3.63, 3.8) is 0 Å². The maximum atomic E-state index is 3.80. The lowest BCUT2D eigenvalue weighted by molar-refractivity contribution is 0.115. The average molecular weight is 263 g/mol. The topological polar surface area (TPSA) is 18.5 Å². The molecule has 0 aromatic rings. The minimum Gasteiger partial charge on any atom is -0.312 e. The Morgan fingerprint density at radius 1 is 0.842 bits per heavy atom. The van der Waals surface area contributed by atoms with Gasteiger partial charge < -0.3 is 10.2 Å². The van der Waals surface area contributed by atoms with Crippen LogP contribution < -0.4 is 5.32 Å². The number of nitrogens with zero attached hydrogens (tertiary/aromatic N) is 2. The molecule has 0 aromatic heterocycles. The van der Waals surface area contributed by atoms with Gasteiger partial charge in [-0.2, -0.15) is 0 Å². The van der Waals surface area contributed by atoms with Gasteiger partial charge >= 0.3 is 0 Å². The van der Waals surface area contributed by atoms with E-state index in [9.17, 15) is 0 Å². The summed E-state index contributed by atoms with van der Waals surface area (Å²) < 4.78 is 0. The Kier molecular flexibility index (Phi) is 3.55. The molecule has 19 heavy (non-hydrogen) atoms. The van der Waals surface area contributed by atoms with Crippen LogP contribution >= 0.6 is 0 Å². The van der Waals surface area contributed by atoms with E-state index in [1.54, 1.807) is 0 Å². The van der Waals surface area contributed by atoms with E-state index in [4.69, 9.17) is 0 Å². The van der Waals surface area contributed by atoms with Gasteiger partial charge in [0.1, 0.15) is 0 Å². The summed E-state index contributed by atoms with van der Waals surface area (Å²) in [6, 6.07) is 0.808. The molecule has 1 N–H and O–H groups in total. The fourth-order valence-electron chi connectivity index (χ4n) is 4.60. The molecule has 2 heterocycles. The van der Waals surface area contributed by atoms with Crippen molar-refractivity contribution in [2.75, 3.05) is 45.8 Å². The summed E-state index contributed by atoms with van der Waals surface area (Å²) in [6.45, 7) is 9.26. The van der Waals surface area contributed by atoms with Gasteiger partial charge in [-0.15, -0.1) is 0 Å². The molecule has 2 saturated carbocycles. The monoisotopic (exact) mass is 263 g/mol. The third-order valence-corrected chi connectivity index (χ3v) is 6.01. The molecule has 3 unspecified atom stereocenters. The normalized spacial score (nSPS) is 40.7. The van der Waals surface area contributed by atoms with Gasteiger partial charge in [-0.1, -0.05) is 6.42 Å². The summed E-state index contributed by atoms with van der Waals surface area (Å²) in [5.41, 5.74) is 0. The minimum absolute atomic E-state index is 0.808. The van der Waals surface area contributed by atoms with Crippen molar-refractivity contribution in [3.05, 3.63) is 0 Å². The number of piperazine rings is 1. The Morgan fingerprint density at radius 3 is 2.32 bits per heavy atom. The van der Waals surface area contributed by atoms with Crippen molar-refractivity contribution in [1.82, 2.24) is 15.1 Å². The molecule has 3 nitrogen and oxygen atoms in total. The SMILES string of the molecule is C1CC2CNC(CN3CCN(CC4CC4)CC3)C2C1. The van der Waals surface area contributed by atoms with Crippen molar-refractivity contribution in [2.24, 2.45) is 17.8 Å². The van der Waals surface area contributed by atoms with Crippen LogP contribution in [0.3, 0.4) is 0 Å². The molecule has 108 valence electrons. The first-order valence-corrected chi connectivity index (χ1v) is 8.56. The second-order valence-electron chi connectivity index (χ2n) is 7.41. The second-order valence-corrected chi connectivity index (χ2v) is 7.41. The predicted molar refractivity (Wildman–Crippen MR) is 78.2 cm³/mol. The van der Waals surface area contributed by atoms with E-state index in [-0.39, 0.29) is 0 Å². The highest BCUT2D eigenvalue weighted by Gasteiger charge is 2.39. The predicted octanol–water partition coefficient (Wildman–Crippen LogP) is 1.40. The second kappa shape index (κ2) is 5.34. The summed E-state index contributed by atoms with van der Waals surface area (Å²) in [5.74, 6) is 3.08. The molecule has 4 fully saturated rings. The number of hydrogen-bond donors (Lipinski definition) is 1. The molecule has 2 aliphatic heterocycles. The number of nitrogens with one attached hydrogen (secondary N) is 1. The molecule has 0 spiro atoms. The molecule has 4 rings (SSSR count). The van der Waals surface area contributed by atoms with Crippen LogP contribution in [0.1, 0.15) is 32.1 Å². The third kappa shape index (κ3) is 2.84. The van der Waals surface area contributed by atoms with E-state index in [0.717, 1.165) is 23.8 Å². The largest absolute Gasteiger partial charge is 0.312 e. The zero-order valence-electron chi connectivity index (χ0n) is 12.2. The van der Waals surface area contributed by atoms with E-state index < -0.39 is 0 Å². The first-order chi connectivity index (χ1) is 9.38. The van der Waals surface area contributed by atoms with Crippen LogP contribution in [-0.4, -0.2) is 61.7 Å². The molecule has 2 aliphatic carbocycles. The average Bonchev–Trinajstić information content (AvgIpc) is 2.98. The van der Waals surface area contributed by atoms with Gasteiger partial charge in [0.25, 0.3) is 0 Å². The van der Waals surface area contributed by atoms with Crippen LogP contribution in [0.15, 0.2) is 0 Å². The van der Waals surface area contributed by atoms with Crippen LogP contribution in [-0.2, 0) is 0 Å². The lowest BCUT2D eigenvalue weighted by atomic mass is 9.94. The Labute approximate surface area is 117 Å². The van der Waals surface area contributed by atoms with Crippen molar-refractivity contribution >= 4 is 0 Å². The number of rotatable bonds is 4. The number of hydrogen-bond acceptors (Lipinski definition) is 3. The molecule has 0 amide bonds. The fraction of sp³-hybridized carbons (Fsp3) is 1.00. The Morgan fingerprint density at radius 2 is 1.58 bits per heavy atom. The molecular formula is C16H29N3. The first kappa shape index (κ1) is 12.6. The zero-order chi connectivity index (χ0) is 12.7. The van der Waals surface area contributed by atoms with Crippen molar-refractivity contribution in [3.8, 4) is 0 Å². The standard InChI is InChI=1S/C16H29N3/c1-2-14-10-17-16(15(14)3-1)12-19-8-6-18(7-9-19)11-13-4-5-13/h13-17H,1-12H2. The summed E-state index contributed by atoms with van der Waals surface area (Å²) in [4.78, 5) is 5.43. The highest BCUT2D eigenvalue weighted by molar-refractivity contribution is 4.96. The summed E-state index contributed by atoms with van der Waals surface area (Å²) in [7, 11) is 0. The highest BCUT2D eigenvalue weighted by atomic mass is 15.3. The van der Waals surface area contributed by atoms with Gasteiger partial charge in [0, 0.05) is 45.3 Å². The molecule has 3 atom stereocenters. The quantitative estimate of drug-likeness (QED) is 0.827. The molecule has 2 saturated heterocycles. The van der Waals surface area contributed by atoms with Gasteiger partial charge in [-0.3, -0.25) is 4.90 Å². The number of fused-ring (bicyclic) bond motifs is 1. The van der Waals surface area contributed by atoms with Crippen molar-refractivity contribution in [2.45, 2.75) is 38.1 Å². The molecular weight excluding hydrogens is 234 g/mol. The lowest BCUT2D eigenvalue weighted by Crippen LogP contribution is -2.51. The minimum atomic E-state index is 0.808. The summed E-state index contributed by atoms with van der Waals surface area (Å²) >= 11 is 0. The Hall–Kier alpha value is -0.120. The maximum Gasteiger partial charge on any atom is 0.0226 e. The third-order valence-electron chi connectivity index (χ3n) is 6.01. The molecule has 0 aromatic carbocycles. The Balaban J connectivity index is 1.23. The van der Waals surface area contributed by atoms with E-state index >= 15 is 0 Å². The van der Waals surface area contributed by atoms with Crippen molar-refractivity contribution < 1.29 is 0 Å². The van der Waals surface area contributed by atoms with Crippen LogP contribution in [0.2, 0.25) is 0 Å². The molecule has 0 radical (unpaired) electrons. The van der Waals surface area contributed by atoms with Gasteiger partial charge in [0.05, 0.1) is 0 Å². The van der Waals surface area contributed by atoms with E-state index in [1.807, 2.05) is 0 Å². The van der Waals surface area contributed by atoms with Crippen LogP contribution in [0.5, 0.6) is 0 Å². The smallest absolute Gasteiger partial charge is 0.0226 e. The lowest BCUT2D eigenvalue weighted by Gasteiger charge is -2.36. The summed E-state index contributed by atoms with van der Waals surface area (Å²) in [6.07, 6.45) is 7.46. The van der Waals surface area contributed by atoms with Gasteiger partial charge in [0.15, 0.2) is 0 Å². The van der Waals surface area contributed by atoms with Crippen LogP contribution in [0.25, 0.3) is 0 Å². The van der Waals surface area contributed by atoms with E-state index in [2.05, 4.69) is 15.1 Å². The Bertz CT molecular complexity index is 307. The summed E-state index contributed by atoms with van der Waals surface area (Å²) in [5, 5.41) is 3.80. The van der Waals surface area contributed by atoms with Gasteiger partial charge in [-0.25, -0.2) is 0 Å². The van der Waals surface area contributed by atoms with Crippen molar-refractivity contribution in [1.29, 1.82) is 0 Å². The van der Waals surface area contributed by atoms with Crippen LogP contribution in [0.4, 0.5) is 0 Å². The van der Waals surface area contributed by atoms with Crippen LogP contribution in [0, 0.1) is 17.8 Å². The molecule has 4 aliphatic rings. The first-order valence-electron chi connectivity index (χ1n) is 8.56. The highest BCUT2D eigenvalue weighted by Crippen LogP contribution is 2.38. The fourth-order valence-corrected chi connectivity index (χ4v) is 4.60. The van der Waals surface area contributed by atoms with Gasteiger partial charge in [0.2, 0.25) is 0 Å². The maximum absolute atomic E-state index is 3.80.